The number of carbonyl (C=O) groups excluding carboxylic acids is 1. The third-order valence-electron chi connectivity index (χ3n) is 6.07. The van der Waals surface area contributed by atoms with E-state index in [1.807, 2.05) is 23.1 Å². The van der Waals surface area contributed by atoms with Gasteiger partial charge in [-0.05, 0) is 37.0 Å². The number of para-hydroxylation sites is 2. The molecule has 2 heterocycles. The Morgan fingerprint density at radius 1 is 1.03 bits per heavy atom. The molecule has 0 fully saturated rings. The molecule has 1 aromatic heterocycles. The lowest BCUT2D eigenvalue weighted by Crippen LogP contribution is -2.36. The third-order valence-corrected chi connectivity index (χ3v) is 6.07. The fourth-order valence-corrected chi connectivity index (χ4v) is 4.50. The first-order valence-electron chi connectivity index (χ1n) is 10.8. The summed E-state index contributed by atoms with van der Waals surface area (Å²) in [4.78, 5) is 25.4. The molecule has 31 heavy (non-hydrogen) atoms. The molecule has 3 aromatic rings. The summed E-state index contributed by atoms with van der Waals surface area (Å²) in [6.45, 7) is 1.96. The van der Waals surface area contributed by atoms with Gasteiger partial charge < -0.3 is 19.3 Å². The van der Waals surface area contributed by atoms with E-state index < -0.39 is 5.97 Å². The van der Waals surface area contributed by atoms with Crippen molar-refractivity contribution in [3.8, 4) is 5.75 Å². The summed E-state index contributed by atoms with van der Waals surface area (Å²) in [7, 11) is 1.69. The minimum Gasteiger partial charge on any atom is -0.496 e. The smallest absolute Gasteiger partial charge is 0.303 e. The zero-order valence-electron chi connectivity index (χ0n) is 17.8. The first-order valence-corrected chi connectivity index (χ1v) is 10.8. The fraction of sp³-hybridized carbons (Fsp3) is 0.360. The van der Waals surface area contributed by atoms with Crippen LogP contribution < -0.4 is 4.74 Å². The zero-order valence-corrected chi connectivity index (χ0v) is 17.8. The Balaban J connectivity index is 1.60. The van der Waals surface area contributed by atoms with E-state index in [9.17, 15) is 9.59 Å². The Labute approximate surface area is 182 Å². The predicted molar refractivity (Wildman–Crippen MR) is 119 cm³/mol. The van der Waals surface area contributed by atoms with Crippen LogP contribution in [0.4, 0.5) is 0 Å². The van der Waals surface area contributed by atoms with Crippen molar-refractivity contribution in [1.29, 1.82) is 0 Å². The van der Waals surface area contributed by atoms with E-state index >= 15 is 0 Å². The molecule has 4 rings (SSSR count). The summed E-state index contributed by atoms with van der Waals surface area (Å²) in [5.41, 5.74) is 4.78. The van der Waals surface area contributed by atoms with E-state index in [2.05, 4.69) is 34.9 Å². The largest absolute Gasteiger partial charge is 0.496 e. The van der Waals surface area contributed by atoms with Gasteiger partial charge in [0.2, 0.25) is 5.91 Å². The molecular formula is C25H28N2O4. The highest BCUT2D eigenvalue weighted by atomic mass is 16.5. The van der Waals surface area contributed by atoms with Gasteiger partial charge in [0, 0.05) is 41.5 Å². The SMILES string of the molecule is COc1ccccc1Cn1c2c(c3ccccc31)CCN(C(=O)CCCCC(=O)O)C2. The Hall–Kier alpha value is -3.28. The topological polar surface area (TPSA) is 71.8 Å². The Morgan fingerprint density at radius 3 is 2.58 bits per heavy atom. The number of nitrogens with zero attached hydrogens (tertiary/aromatic N) is 2. The van der Waals surface area contributed by atoms with Gasteiger partial charge in [0.05, 0.1) is 20.2 Å². The summed E-state index contributed by atoms with van der Waals surface area (Å²) in [5, 5.41) is 10.0. The van der Waals surface area contributed by atoms with Crippen LogP contribution in [0.5, 0.6) is 5.75 Å². The first kappa shape index (κ1) is 21.0. The van der Waals surface area contributed by atoms with Gasteiger partial charge in [-0.1, -0.05) is 36.4 Å². The van der Waals surface area contributed by atoms with Gasteiger partial charge in [-0.3, -0.25) is 9.59 Å². The highest BCUT2D eigenvalue weighted by Gasteiger charge is 2.26. The number of fused-ring (bicyclic) bond motifs is 3. The molecule has 1 amide bonds. The highest BCUT2D eigenvalue weighted by Crippen LogP contribution is 2.33. The molecule has 6 heteroatoms. The molecule has 0 aliphatic carbocycles. The van der Waals surface area contributed by atoms with Gasteiger partial charge in [-0.2, -0.15) is 0 Å². The maximum Gasteiger partial charge on any atom is 0.303 e. The van der Waals surface area contributed by atoms with Crippen molar-refractivity contribution in [2.45, 2.75) is 45.2 Å². The van der Waals surface area contributed by atoms with E-state index in [1.54, 1.807) is 7.11 Å². The van der Waals surface area contributed by atoms with Crippen LogP contribution in [-0.2, 0) is 29.1 Å². The van der Waals surface area contributed by atoms with Crippen LogP contribution in [0.3, 0.4) is 0 Å². The summed E-state index contributed by atoms with van der Waals surface area (Å²) in [6, 6.07) is 16.5. The van der Waals surface area contributed by atoms with Crippen LogP contribution in [0.25, 0.3) is 10.9 Å². The number of hydrogen-bond donors (Lipinski definition) is 1. The lowest BCUT2D eigenvalue weighted by molar-refractivity contribution is -0.137. The van der Waals surface area contributed by atoms with E-state index in [0.29, 0.717) is 38.9 Å². The molecule has 1 aliphatic rings. The highest BCUT2D eigenvalue weighted by molar-refractivity contribution is 5.87. The minimum atomic E-state index is -0.809. The van der Waals surface area contributed by atoms with Crippen molar-refractivity contribution in [1.82, 2.24) is 9.47 Å². The van der Waals surface area contributed by atoms with Gasteiger partial charge in [-0.25, -0.2) is 0 Å². The van der Waals surface area contributed by atoms with Crippen molar-refractivity contribution in [3.05, 3.63) is 65.4 Å². The molecule has 0 atom stereocenters. The molecule has 0 bridgehead atoms. The number of unbranched alkanes of at least 4 members (excludes halogenated alkanes) is 1. The number of amides is 1. The second-order valence-corrected chi connectivity index (χ2v) is 8.01. The number of aromatic nitrogens is 1. The maximum absolute atomic E-state index is 12.8. The van der Waals surface area contributed by atoms with Crippen LogP contribution in [0.1, 0.15) is 42.5 Å². The molecule has 0 saturated heterocycles. The summed E-state index contributed by atoms with van der Waals surface area (Å²) in [6.07, 6.45) is 2.49. The molecule has 0 unspecified atom stereocenters. The van der Waals surface area contributed by atoms with Crippen LogP contribution in [0, 0.1) is 0 Å². The Morgan fingerprint density at radius 2 is 1.77 bits per heavy atom. The number of benzene rings is 2. The monoisotopic (exact) mass is 420 g/mol. The zero-order chi connectivity index (χ0) is 21.8. The number of hydrogen-bond acceptors (Lipinski definition) is 3. The molecule has 1 aliphatic heterocycles. The standard InChI is InChI=1S/C25H28N2O4/c1-31-23-11-5-2-8-18(23)16-27-21-10-4-3-9-19(21)20-14-15-26(17-22(20)27)24(28)12-6-7-13-25(29)30/h2-5,8-11H,6-7,12-17H2,1H3,(H,29,30). The van der Waals surface area contributed by atoms with Crippen LogP contribution in [0.2, 0.25) is 0 Å². The average Bonchev–Trinajstić information content (AvgIpc) is 3.10. The molecule has 2 aromatic carbocycles. The first-order chi connectivity index (χ1) is 15.1. The molecule has 1 N–H and O–H groups in total. The number of methoxy groups -OCH3 is 1. The molecular weight excluding hydrogens is 392 g/mol. The normalized spacial score (nSPS) is 13.3. The van der Waals surface area contributed by atoms with Gasteiger partial charge in [0.25, 0.3) is 0 Å². The number of rotatable bonds is 8. The van der Waals surface area contributed by atoms with Gasteiger partial charge in [0.1, 0.15) is 5.75 Å². The maximum atomic E-state index is 12.8. The lowest BCUT2D eigenvalue weighted by atomic mass is 10.0. The number of aliphatic carboxylic acids is 1. The number of carboxylic acid groups (broad SMARTS) is 1. The van der Waals surface area contributed by atoms with Crippen molar-refractivity contribution in [3.63, 3.8) is 0 Å². The number of carboxylic acids is 1. The predicted octanol–water partition coefficient (Wildman–Crippen LogP) is 4.23. The van der Waals surface area contributed by atoms with E-state index in [4.69, 9.17) is 9.84 Å². The van der Waals surface area contributed by atoms with Crippen LogP contribution >= 0.6 is 0 Å². The second-order valence-electron chi connectivity index (χ2n) is 8.01. The quantitative estimate of drug-likeness (QED) is 0.554. The van der Waals surface area contributed by atoms with Crippen LogP contribution in [-0.4, -0.2) is 40.1 Å². The Kier molecular flexibility index (Phi) is 6.26. The van der Waals surface area contributed by atoms with E-state index in [-0.39, 0.29) is 12.3 Å². The Bertz CT molecular complexity index is 1100. The van der Waals surface area contributed by atoms with Crippen molar-refractivity contribution >= 4 is 22.8 Å². The fourth-order valence-electron chi connectivity index (χ4n) is 4.50. The van der Waals surface area contributed by atoms with E-state index in [0.717, 1.165) is 17.7 Å². The van der Waals surface area contributed by atoms with Crippen molar-refractivity contribution < 1.29 is 19.4 Å². The number of ether oxygens (including phenoxy) is 1. The van der Waals surface area contributed by atoms with Gasteiger partial charge in [-0.15, -0.1) is 0 Å². The van der Waals surface area contributed by atoms with Gasteiger partial charge in [0.15, 0.2) is 0 Å². The summed E-state index contributed by atoms with van der Waals surface area (Å²) in [5.74, 6) is 0.150. The van der Waals surface area contributed by atoms with Crippen LogP contribution in [0.15, 0.2) is 48.5 Å². The van der Waals surface area contributed by atoms with Gasteiger partial charge >= 0.3 is 5.97 Å². The second kappa shape index (κ2) is 9.25. The molecule has 0 saturated carbocycles. The summed E-state index contributed by atoms with van der Waals surface area (Å²) < 4.78 is 7.87. The average molecular weight is 421 g/mol. The van der Waals surface area contributed by atoms with Crippen molar-refractivity contribution in [2.75, 3.05) is 13.7 Å². The summed E-state index contributed by atoms with van der Waals surface area (Å²) >= 11 is 0. The minimum absolute atomic E-state index is 0.102. The molecule has 162 valence electrons. The lowest BCUT2D eigenvalue weighted by Gasteiger charge is -2.29. The number of carbonyl (C=O) groups is 2. The molecule has 0 radical (unpaired) electrons. The molecule has 0 spiro atoms. The molecule has 6 nitrogen and oxygen atoms in total. The van der Waals surface area contributed by atoms with Crippen molar-refractivity contribution in [2.24, 2.45) is 0 Å². The third kappa shape index (κ3) is 4.43. The van der Waals surface area contributed by atoms with E-state index in [1.165, 1.54) is 22.2 Å².